The predicted octanol–water partition coefficient (Wildman–Crippen LogP) is 2.02. The number of amides is 3. The molecule has 2 saturated heterocycles. The van der Waals surface area contributed by atoms with Crippen LogP contribution in [0.15, 0.2) is 47.1 Å². The van der Waals surface area contributed by atoms with E-state index in [4.69, 9.17) is 9.26 Å². The Kier molecular flexibility index (Phi) is 6.78. The molecular formula is C24H30N4O5. The van der Waals surface area contributed by atoms with E-state index in [0.29, 0.717) is 26.1 Å². The zero-order chi connectivity index (χ0) is 23.4. The first kappa shape index (κ1) is 23.0. The molecule has 0 unspecified atom stereocenters. The maximum atomic E-state index is 14.1. The molecule has 1 spiro atoms. The van der Waals surface area contributed by atoms with Crippen molar-refractivity contribution >= 4 is 17.7 Å². The number of hydrogen-bond donors (Lipinski definition) is 1. The number of benzene rings is 1. The number of carbonyl (C=O) groups is 3. The van der Waals surface area contributed by atoms with Crippen LogP contribution in [0.3, 0.4) is 0 Å². The van der Waals surface area contributed by atoms with Gasteiger partial charge in [-0.25, -0.2) is 0 Å². The fourth-order valence-corrected chi connectivity index (χ4v) is 5.29. The summed E-state index contributed by atoms with van der Waals surface area (Å²) in [6.45, 7) is 1.43. The normalized spacial score (nSPS) is 25.3. The van der Waals surface area contributed by atoms with Crippen molar-refractivity contribution < 1.29 is 23.6 Å². The fraction of sp³-hybridized carbons (Fsp3) is 0.500. The molecule has 0 bridgehead atoms. The minimum atomic E-state index is -1.16. The molecule has 3 atom stereocenters. The molecule has 9 heteroatoms. The molecule has 2 aliphatic heterocycles. The molecule has 3 heterocycles. The van der Waals surface area contributed by atoms with Crippen molar-refractivity contribution in [2.75, 3.05) is 33.9 Å². The van der Waals surface area contributed by atoms with Crippen LogP contribution >= 0.6 is 0 Å². The molecule has 4 rings (SSSR count). The van der Waals surface area contributed by atoms with Crippen molar-refractivity contribution in [2.45, 2.75) is 37.3 Å². The number of nitrogens with one attached hydrogen (secondary N) is 1. The summed E-state index contributed by atoms with van der Waals surface area (Å²) in [5.74, 6) is -1.31. The van der Waals surface area contributed by atoms with E-state index >= 15 is 0 Å². The van der Waals surface area contributed by atoms with Gasteiger partial charge in [0.1, 0.15) is 5.54 Å². The largest absolute Gasteiger partial charge is 0.383 e. The third kappa shape index (κ3) is 4.13. The van der Waals surface area contributed by atoms with Crippen LogP contribution in [0.25, 0.3) is 0 Å². The first-order valence-electron chi connectivity index (χ1n) is 11.3. The third-order valence-corrected chi connectivity index (χ3v) is 6.79. The second kappa shape index (κ2) is 9.74. The zero-order valence-corrected chi connectivity index (χ0v) is 19.0. The fourth-order valence-electron chi connectivity index (χ4n) is 5.29. The lowest BCUT2D eigenvalue weighted by atomic mass is 9.85. The summed E-state index contributed by atoms with van der Waals surface area (Å²) in [4.78, 5) is 44.4. The van der Waals surface area contributed by atoms with E-state index < -0.39 is 23.4 Å². The maximum Gasteiger partial charge on any atom is 0.293 e. The minimum Gasteiger partial charge on any atom is -0.383 e. The minimum absolute atomic E-state index is 0.0494. The lowest BCUT2D eigenvalue weighted by Crippen LogP contribution is -2.58. The third-order valence-electron chi connectivity index (χ3n) is 6.79. The topological polar surface area (TPSA) is 105 Å². The van der Waals surface area contributed by atoms with Crippen LogP contribution in [0.2, 0.25) is 0 Å². The van der Waals surface area contributed by atoms with Gasteiger partial charge in [-0.3, -0.25) is 14.4 Å². The number of rotatable bonds is 6. The van der Waals surface area contributed by atoms with Gasteiger partial charge < -0.3 is 24.4 Å². The number of hydrogen-bond acceptors (Lipinski definition) is 6. The van der Waals surface area contributed by atoms with Crippen molar-refractivity contribution in [2.24, 2.45) is 5.92 Å². The maximum absolute atomic E-state index is 14.1. The van der Waals surface area contributed by atoms with Crippen molar-refractivity contribution in [1.29, 1.82) is 0 Å². The van der Waals surface area contributed by atoms with E-state index in [-0.39, 0.29) is 24.0 Å². The van der Waals surface area contributed by atoms with Gasteiger partial charge in [0.05, 0.1) is 24.8 Å². The molecular weight excluding hydrogens is 424 g/mol. The first-order valence-corrected chi connectivity index (χ1v) is 11.3. The van der Waals surface area contributed by atoms with Crippen LogP contribution in [0.5, 0.6) is 0 Å². The van der Waals surface area contributed by atoms with E-state index in [1.165, 1.54) is 12.3 Å². The molecule has 1 aromatic carbocycles. The Morgan fingerprint density at radius 3 is 2.70 bits per heavy atom. The molecule has 2 fully saturated rings. The van der Waals surface area contributed by atoms with E-state index in [0.717, 1.165) is 18.4 Å². The van der Waals surface area contributed by atoms with Crippen LogP contribution < -0.4 is 5.32 Å². The Morgan fingerprint density at radius 1 is 1.24 bits per heavy atom. The summed E-state index contributed by atoms with van der Waals surface area (Å²) in [7, 11) is 3.18. The van der Waals surface area contributed by atoms with Gasteiger partial charge in [-0.2, -0.15) is 0 Å². The highest BCUT2D eigenvalue weighted by Crippen LogP contribution is 2.51. The number of nitrogens with zero attached hydrogens (tertiary/aromatic N) is 3. The van der Waals surface area contributed by atoms with Crippen LogP contribution in [-0.2, 0) is 14.3 Å². The molecule has 9 nitrogen and oxygen atoms in total. The lowest BCUT2D eigenvalue weighted by molar-refractivity contribution is -0.142. The summed E-state index contributed by atoms with van der Waals surface area (Å²) >= 11 is 0. The number of carbonyl (C=O) groups excluding carboxylic acids is 3. The Labute approximate surface area is 193 Å². The summed E-state index contributed by atoms with van der Waals surface area (Å²) < 4.78 is 10.4. The number of methoxy groups -OCH3 is 1. The molecule has 0 saturated carbocycles. The second-order valence-corrected chi connectivity index (χ2v) is 8.61. The van der Waals surface area contributed by atoms with Crippen LogP contribution in [0, 0.1) is 5.92 Å². The summed E-state index contributed by atoms with van der Waals surface area (Å²) in [5.41, 5.74) is -0.359. The molecule has 176 valence electrons. The molecule has 2 aliphatic rings. The Bertz CT molecular complexity index is 980. The predicted molar refractivity (Wildman–Crippen MR) is 119 cm³/mol. The van der Waals surface area contributed by atoms with Gasteiger partial charge in [-0.15, -0.1) is 0 Å². The van der Waals surface area contributed by atoms with Gasteiger partial charge in [0, 0.05) is 33.3 Å². The lowest BCUT2D eigenvalue weighted by Gasteiger charge is -2.41. The second-order valence-electron chi connectivity index (χ2n) is 8.61. The molecule has 33 heavy (non-hydrogen) atoms. The number of ether oxygens (including phenoxy) is 1. The summed E-state index contributed by atoms with van der Waals surface area (Å²) in [6.07, 6.45) is 3.71. The standard InChI is InChI=1S/C24H30N4O5/c1-25-21(29)18-16-24(11-6-7-13-27(23(24)31)14-15-32-2)28(22(30)19-10-12-26-33-19)20(18)17-8-4-3-5-9-17/h3-5,8-10,12,18,20H,6-7,11,13-16H2,1-2H3,(H,25,29)/t18-,20-,24-/m0/s1. The highest BCUT2D eigenvalue weighted by atomic mass is 16.5. The summed E-state index contributed by atoms with van der Waals surface area (Å²) in [6, 6.07) is 10.3. The van der Waals surface area contributed by atoms with Crippen LogP contribution in [-0.4, -0.2) is 72.1 Å². The number of aromatic nitrogens is 1. The van der Waals surface area contributed by atoms with E-state index in [9.17, 15) is 14.4 Å². The van der Waals surface area contributed by atoms with Gasteiger partial charge in [-0.05, 0) is 31.2 Å². The molecule has 0 radical (unpaired) electrons. The zero-order valence-electron chi connectivity index (χ0n) is 19.0. The van der Waals surface area contributed by atoms with Gasteiger partial charge in [0.15, 0.2) is 0 Å². The van der Waals surface area contributed by atoms with Crippen LogP contribution in [0.1, 0.15) is 47.8 Å². The molecule has 2 aromatic rings. The average Bonchev–Trinajstić information content (AvgIpc) is 3.47. The highest BCUT2D eigenvalue weighted by molar-refractivity contribution is 6.00. The van der Waals surface area contributed by atoms with Gasteiger partial charge in [0.2, 0.25) is 17.6 Å². The van der Waals surface area contributed by atoms with E-state index in [2.05, 4.69) is 10.5 Å². The van der Waals surface area contributed by atoms with Gasteiger partial charge in [0.25, 0.3) is 5.91 Å². The molecule has 1 aromatic heterocycles. The SMILES string of the molecule is CNC(=O)[C@H]1C[C@]2(CCCCN(CCOC)C2=O)N(C(=O)c2ccno2)[C@H]1c1ccccc1. The Hall–Kier alpha value is -3.20. The van der Waals surface area contributed by atoms with Crippen molar-refractivity contribution in [3.63, 3.8) is 0 Å². The average molecular weight is 455 g/mol. The van der Waals surface area contributed by atoms with Gasteiger partial charge >= 0.3 is 0 Å². The van der Waals surface area contributed by atoms with E-state index in [1.807, 2.05) is 30.3 Å². The Balaban J connectivity index is 1.87. The first-order chi connectivity index (χ1) is 16.0. The summed E-state index contributed by atoms with van der Waals surface area (Å²) in [5, 5.41) is 6.44. The van der Waals surface area contributed by atoms with Crippen molar-refractivity contribution in [1.82, 2.24) is 20.3 Å². The number of likely N-dealkylation sites (tertiary alicyclic amines) is 2. The molecule has 1 N–H and O–H groups in total. The van der Waals surface area contributed by atoms with Gasteiger partial charge in [-0.1, -0.05) is 35.5 Å². The smallest absolute Gasteiger partial charge is 0.293 e. The monoisotopic (exact) mass is 454 g/mol. The van der Waals surface area contributed by atoms with Crippen molar-refractivity contribution in [3.05, 3.63) is 53.9 Å². The highest BCUT2D eigenvalue weighted by Gasteiger charge is 2.61. The quantitative estimate of drug-likeness (QED) is 0.716. The molecule has 3 amide bonds. The Morgan fingerprint density at radius 2 is 2.03 bits per heavy atom. The van der Waals surface area contributed by atoms with Crippen LogP contribution in [0.4, 0.5) is 0 Å². The van der Waals surface area contributed by atoms with E-state index in [1.54, 1.807) is 24.0 Å². The van der Waals surface area contributed by atoms with Crippen molar-refractivity contribution in [3.8, 4) is 0 Å². The molecule has 0 aliphatic carbocycles.